The van der Waals surface area contributed by atoms with Gasteiger partial charge in [0.05, 0.1) is 11.0 Å². The molecule has 0 aliphatic heterocycles. The zero-order chi connectivity index (χ0) is 34.9. The van der Waals surface area contributed by atoms with Crippen LogP contribution in [-0.2, 0) is 22.7 Å². The van der Waals surface area contributed by atoms with Crippen molar-refractivity contribution in [2.24, 2.45) is 5.92 Å². The predicted molar refractivity (Wildman–Crippen MR) is 167 cm³/mol. The van der Waals surface area contributed by atoms with Crippen molar-refractivity contribution in [3.63, 3.8) is 0 Å². The van der Waals surface area contributed by atoms with E-state index in [1.54, 1.807) is 6.07 Å². The van der Waals surface area contributed by atoms with E-state index in [-0.39, 0.29) is 86.8 Å². The van der Waals surface area contributed by atoms with Gasteiger partial charge in [-0.1, -0.05) is 92.5 Å². The van der Waals surface area contributed by atoms with Gasteiger partial charge in [-0.05, 0) is 92.6 Å². The van der Waals surface area contributed by atoms with E-state index in [0.29, 0.717) is 29.0 Å². The summed E-state index contributed by atoms with van der Waals surface area (Å²) in [5.74, 6) is 0.221. The van der Waals surface area contributed by atoms with Crippen LogP contribution < -0.4 is 0 Å². The summed E-state index contributed by atoms with van der Waals surface area (Å²) < 4.78 is 78.3. The van der Waals surface area contributed by atoms with Crippen molar-refractivity contribution < 1.29 is 15.4 Å². The lowest BCUT2D eigenvalue weighted by molar-refractivity contribution is 0.334. The molecule has 0 bridgehead atoms. The lowest BCUT2D eigenvalue weighted by atomic mass is 9.61. The highest BCUT2D eigenvalue weighted by Gasteiger charge is 2.40. The highest BCUT2D eigenvalue weighted by Crippen LogP contribution is 2.52. The van der Waals surface area contributed by atoms with Gasteiger partial charge in [-0.3, -0.25) is 4.98 Å². The number of benzene rings is 3. The Bertz CT molecular complexity index is 2170. The van der Waals surface area contributed by atoms with Crippen LogP contribution in [0.25, 0.3) is 44.0 Å². The molecule has 5 aromatic rings. The van der Waals surface area contributed by atoms with Crippen LogP contribution in [0.2, 0.25) is 0 Å². The summed E-state index contributed by atoms with van der Waals surface area (Å²) in [4.78, 5) is 4.57. The summed E-state index contributed by atoms with van der Waals surface area (Å²) in [5, 5.41) is 1.73. The van der Waals surface area contributed by atoms with Crippen molar-refractivity contribution in [1.29, 1.82) is 0 Å². The molecule has 0 atom stereocenters. The first-order valence-electron chi connectivity index (χ1n) is 18.1. The molecular weight excluding hydrogens is 474 g/mol. The van der Waals surface area contributed by atoms with Crippen molar-refractivity contribution in [2.75, 3.05) is 0 Å². The Labute approximate surface area is 245 Å². The van der Waals surface area contributed by atoms with Crippen LogP contribution in [0, 0.1) is 5.92 Å². The summed E-state index contributed by atoms with van der Waals surface area (Å²) in [6, 6.07) is 0.841. The summed E-state index contributed by atoms with van der Waals surface area (Å²) in [6.45, 7) is 18.6. The Morgan fingerprint density at radius 1 is 0.949 bits per heavy atom. The molecule has 2 heteroatoms. The second-order valence-electron chi connectivity index (χ2n) is 14.0. The fourth-order valence-electron chi connectivity index (χ4n) is 6.24. The van der Waals surface area contributed by atoms with Gasteiger partial charge in [-0.15, -0.1) is 0 Å². The van der Waals surface area contributed by atoms with E-state index in [9.17, 15) is 4.11 Å². The number of furan rings is 1. The highest BCUT2D eigenvalue weighted by atomic mass is 16.3. The average Bonchev–Trinajstić information content (AvgIpc) is 3.36. The third-order valence-electron chi connectivity index (χ3n) is 8.38. The molecule has 3 aromatic carbocycles. The van der Waals surface area contributed by atoms with Crippen LogP contribution in [-0.4, -0.2) is 4.98 Å². The lowest BCUT2D eigenvalue weighted by Crippen LogP contribution is -2.34. The molecule has 2 nitrogen and oxygen atoms in total. The van der Waals surface area contributed by atoms with Crippen LogP contribution in [0.4, 0.5) is 0 Å². The second kappa shape index (κ2) is 8.68. The Hall–Kier alpha value is -3.13. The fraction of sp³-hybridized carbons (Fsp3) is 0.432. The summed E-state index contributed by atoms with van der Waals surface area (Å²) >= 11 is 0. The molecule has 2 aromatic heterocycles. The minimum atomic E-state index is -0.686. The smallest absolute Gasteiger partial charge is 0.161 e. The number of aromatic nitrogens is 1. The zero-order valence-corrected chi connectivity index (χ0v) is 24.6. The third kappa shape index (κ3) is 4.19. The first-order valence-corrected chi connectivity index (χ1v) is 14.1. The molecule has 39 heavy (non-hydrogen) atoms. The van der Waals surface area contributed by atoms with Crippen LogP contribution in [0.3, 0.4) is 0 Å². The van der Waals surface area contributed by atoms with Gasteiger partial charge in [-0.25, -0.2) is 0 Å². The van der Waals surface area contributed by atoms with Crippen LogP contribution >= 0.6 is 0 Å². The van der Waals surface area contributed by atoms with Gasteiger partial charge in [-0.2, -0.15) is 0 Å². The van der Waals surface area contributed by atoms with E-state index in [2.05, 4.69) is 46.5 Å². The standard InChI is InChI=1S/C37H43NO/c1-22(2)18-25-21-29-31(37(8,9)16-15-36(29,6)7)30-27-14-17-38-32(34(27)39-33(25)30)24-19-23-12-10-11-13-26(23)28(20-24)35(3,4)5/h10-14,17,19-22H,15-16,18H2,1-9H3/i10D,11D,12D,13D,14D,17D,20D,21D. The van der Waals surface area contributed by atoms with Crippen molar-refractivity contribution in [2.45, 2.75) is 97.8 Å². The molecule has 202 valence electrons. The Morgan fingerprint density at radius 3 is 2.38 bits per heavy atom. The number of hydrogen-bond acceptors (Lipinski definition) is 2. The average molecular weight is 526 g/mol. The number of pyridine rings is 1. The first kappa shape index (κ1) is 18.3. The maximum absolute atomic E-state index is 9.56. The Kier molecular flexibility index (Phi) is 4.07. The molecule has 1 aliphatic rings. The SMILES string of the molecule is [2H]c1nc(-c2cc3c([2H])c([2H])c([2H])c([2H])c3c(C(C)(C)C)c2[2H])c2oc3c(CC(C)C)c([2H])c4c(c3c2c1[2H])C(C)(C)CCC4(C)C. The van der Waals surface area contributed by atoms with Gasteiger partial charge in [0.15, 0.2) is 5.58 Å². The summed E-state index contributed by atoms with van der Waals surface area (Å²) in [7, 11) is 0. The minimum Gasteiger partial charge on any atom is -0.453 e. The Morgan fingerprint density at radius 2 is 1.67 bits per heavy atom. The quantitative estimate of drug-likeness (QED) is 0.234. The molecule has 0 amide bonds. The fourth-order valence-corrected chi connectivity index (χ4v) is 6.24. The normalized spacial score (nSPS) is 19.7. The maximum atomic E-state index is 9.56. The van der Waals surface area contributed by atoms with Gasteiger partial charge >= 0.3 is 0 Å². The molecule has 2 heterocycles. The highest BCUT2D eigenvalue weighted by molar-refractivity contribution is 6.12. The first-order chi connectivity index (χ1) is 21.6. The van der Waals surface area contributed by atoms with Gasteiger partial charge in [0, 0.05) is 22.5 Å². The molecular formula is C37H43NO. The molecule has 0 radical (unpaired) electrons. The second-order valence-corrected chi connectivity index (χ2v) is 14.0. The van der Waals surface area contributed by atoms with E-state index < -0.39 is 5.41 Å². The van der Waals surface area contributed by atoms with Gasteiger partial charge in [0.1, 0.15) is 11.3 Å². The lowest BCUT2D eigenvalue weighted by Gasteiger charge is -2.42. The van der Waals surface area contributed by atoms with Gasteiger partial charge < -0.3 is 4.42 Å². The zero-order valence-electron chi connectivity index (χ0n) is 32.6. The van der Waals surface area contributed by atoms with Gasteiger partial charge in [0.2, 0.25) is 0 Å². The summed E-state index contributed by atoms with van der Waals surface area (Å²) in [6.07, 6.45) is 2.10. The molecule has 0 N–H and O–H groups in total. The maximum Gasteiger partial charge on any atom is 0.161 e. The largest absolute Gasteiger partial charge is 0.453 e. The van der Waals surface area contributed by atoms with E-state index in [4.69, 9.17) is 11.3 Å². The van der Waals surface area contributed by atoms with Crippen LogP contribution in [0.15, 0.2) is 59.0 Å². The topological polar surface area (TPSA) is 26.0 Å². The monoisotopic (exact) mass is 525 g/mol. The molecule has 0 fully saturated rings. The van der Waals surface area contributed by atoms with E-state index in [1.165, 1.54) is 0 Å². The molecule has 0 spiro atoms. The van der Waals surface area contributed by atoms with Crippen LogP contribution in [0.1, 0.15) is 108 Å². The number of hydrogen-bond donors (Lipinski definition) is 0. The molecule has 1 aliphatic carbocycles. The predicted octanol–water partition coefficient (Wildman–Crippen LogP) is 10.6. The molecule has 0 saturated carbocycles. The van der Waals surface area contributed by atoms with E-state index in [0.717, 1.165) is 34.9 Å². The van der Waals surface area contributed by atoms with Crippen molar-refractivity contribution >= 4 is 32.7 Å². The number of nitrogens with zero attached hydrogens (tertiary/aromatic N) is 1. The summed E-state index contributed by atoms with van der Waals surface area (Å²) in [5.41, 5.74) is 3.07. The molecule has 0 saturated heterocycles. The Balaban J connectivity index is 1.88. The van der Waals surface area contributed by atoms with E-state index in [1.807, 2.05) is 20.8 Å². The van der Waals surface area contributed by atoms with E-state index >= 15 is 0 Å². The number of fused-ring (bicyclic) bond motifs is 6. The molecule has 6 rings (SSSR count). The third-order valence-corrected chi connectivity index (χ3v) is 8.38. The minimum absolute atomic E-state index is 0.0356. The van der Waals surface area contributed by atoms with Gasteiger partial charge in [0.25, 0.3) is 0 Å². The van der Waals surface area contributed by atoms with Crippen molar-refractivity contribution in [3.8, 4) is 11.3 Å². The molecule has 0 unspecified atom stereocenters. The van der Waals surface area contributed by atoms with Crippen molar-refractivity contribution in [3.05, 3.63) is 76.8 Å². The van der Waals surface area contributed by atoms with Crippen molar-refractivity contribution in [1.82, 2.24) is 4.98 Å². The number of rotatable bonds is 3. The van der Waals surface area contributed by atoms with Crippen LogP contribution in [0.5, 0.6) is 0 Å².